The third-order valence-electron chi connectivity index (χ3n) is 15.4. The molecule has 0 aromatic heterocycles. The molecule has 0 aliphatic carbocycles. The topological polar surface area (TPSA) is 237 Å². The molecular weight excluding hydrogens is 1140 g/mol. The lowest BCUT2D eigenvalue weighted by atomic mass is 10.0. The van der Waals surface area contributed by atoms with E-state index in [4.69, 9.17) is 37.0 Å². The Balaban J connectivity index is 5.18. The van der Waals surface area contributed by atoms with E-state index in [1.54, 1.807) is 0 Å². The Kier molecular flexibility index (Phi) is 56.9. The van der Waals surface area contributed by atoms with Gasteiger partial charge in [-0.05, 0) is 43.4 Å². The van der Waals surface area contributed by atoms with E-state index in [1.165, 1.54) is 135 Å². The van der Waals surface area contributed by atoms with Crippen molar-refractivity contribution in [2.75, 3.05) is 39.6 Å². The lowest BCUT2D eigenvalue weighted by Gasteiger charge is -2.21. The molecule has 0 saturated heterocycles. The predicted molar refractivity (Wildman–Crippen MR) is 344 cm³/mol. The lowest BCUT2D eigenvalue weighted by molar-refractivity contribution is -0.161. The number of esters is 4. The van der Waals surface area contributed by atoms with Gasteiger partial charge in [-0.3, -0.25) is 37.3 Å². The number of ether oxygens (including phenoxy) is 4. The van der Waals surface area contributed by atoms with E-state index in [2.05, 4.69) is 48.5 Å². The maximum atomic E-state index is 13.0. The first-order chi connectivity index (χ1) is 41.2. The van der Waals surface area contributed by atoms with Gasteiger partial charge in [0, 0.05) is 25.7 Å². The van der Waals surface area contributed by atoms with Gasteiger partial charge in [-0.15, -0.1) is 0 Å². The van der Waals surface area contributed by atoms with E-state index in [0.29, 0.717) is 25.7 Å². The van der Waals surface area contributed by atoms with Gasteiger partial charge in [0.25, 0.3) is 0 Å². The number of phosphoric acid groups is 2. The molecule has 0 rings (SSSR count). The molecule has 17 nitrogen and oxygen atoms in total. The van der Waals surface area contributed by atoms with Crippen LogP contribution < -0.4 is 0 Å². The predicted octanol–water partition coefficient (Wildman–Crippen LogP) is 18.7. The van der Waals surface area contributed by atoms with Crippen LogP contribution in [0.3, 0.4) is 0 Å². The summed E-state index contributed by atoms with van der Waals surface area (Å²) >= 11 is 0. The van der Waals surface area contributed by atoms with Crippen molar-refractivity contribution in [3.05, 3.63) is 0 Å². The molecule has 0 fully saturated rings. The number of carbonyl (C=O) groups is 4. The maximum absolute atomic E-state index is 13.0. The van der Waals surface area contributed by atoms with E-state index < -0.39 is 97.5 Å². The standard InChI is InChI=1S/C67H130O17P2/c1-8-9-10-31-41-48-64(69)77-54-62(83-67(72)51-44-37-30-24-18-21-27-34-40-47-60(6)7)56-81-85(73,74)79-52-61(68)53-80-86(75,76)82-57-63(55-78-65(70)49-42-35-28-22-17-13-15-20-26-33-39-46-59(4)5)84-66(71)50-43-36-29-23-16-12-11-14-19-25-32-38-45-58(2)3/h58-63,68H,8-57H2,1-7H3,(H,73,74)(H,75,76)/t61-,62+,63+/m0/s1. The smallest absolute Gasteiger partial charge is 0.462 e. The molecular formula is C67H130O17P2. The van der Waals surface area contributed by atoms with Crippen molar-refractivity contribution >= 4 is 39.5 Å². The highest BCUT2D eigenvalue weighted by atomic mass is 31.2. The highest BCUT2D eigenvalue weighted by molar-refractivity contribution is 7.47. The van der Waals surface area contributed by atoms with Crippen molar-refractivity contribution < 1.29 is 80.2 Å². The van der Waals surface area contributed by atoms with Crippen LogP contribution in [0.1, 0.15) is 331 Å². The Bertz CT molecular complexity index is 1700. The van der Waals surface area contributed by atoms with Crippen LogP contribution in [0.15, 0.2) is 0 Å². The van der Waals surface area contributed by atoms with Gasteiger partial charge in [-0.2, -0.15) is 0 Å². The summed E-state index contributed by atoms with van der Waals surface area (Å²) in [6.45, 7) is 11.7. The number of aliphatic hydroxyl groups is 1. The summed E-state index contributed by atoms with van der Waals surface area (Å²) in [6.07, 6.45) is 40.6. The van der Waals surface area contributed by atoms with Crippen LogP contribution in [0.4, 0.5) is 0 Å². The van der Waals surface area contributed by atoms with Crippen LogP contribution in [-0.4, -0.2) is 96.7 Å². The molecule has 0 heterocycles. The third-order valence-corrected chi connectivity index (χ3v) is 17.3. The number of hydrogen-bond acceptors (Lipinski definition) is 15. The molecule has 0 spiro atoms. The zero-order valence-corrected chi connectivity index (χ0v) is 57.6. The molecule has 510 valence electrons. The highest BCUT2D eigenvalue weighted by Gasteiger charge is 2.30. The summed E-state index contributed by atoms with van der Waals surface area (Å²) in [5, 5.41) is 10.5. The summed E-state index contributed by atoms with van der Waals surface area (Å²) in [6, 6.07) is 0. The van der Waals surface area contributed by atoms with Crippen LogP contribution in [0.5, 0.6) is 0 Å². The van der Waals surface area contributed by atoms with Crippen LogP contribution >= 0.6 is 15.6 Å². The van der Waals surface area contributed by atoms with Gasteiger partial charge >= 0.3 is 39.5 Å². The van der Waals surface area contributed by atoms with Crippen molar-refractivity contribution in [3.8, 4) is 0 Å². The largest absolute Gasteiger partial charge is 0.472 e. The molecule has 2 unspecified atom stereocenters. The first kappa shape index (κ1) is 84.1. The van der Waals surface area contributed by atoms with Crippen molar-refractivity contribution in [2.45, 2.75) is 349 Å². The number of unbranched alkanes of at least 4 members (excludes halogenated alkanes) is 33. The second-order valence-corrected chi connectivity index (χ2v) is 28.5. The number of phosphoric ester groups is 2. The first-order valence-electron chi connectivity index (χ1n) is 34.8. The molecule has 0 radical (unpaired) electrons. The minimum atomic E-state index is -4.95. The van der Waals surface area contributed by atoms with E-state index in [1.807, 2.05) is 0 Å². The fourth-order valence-corrected chi connectivity index (χ4v) is 11.6. The fraction of sp³-hybridized carbons (Fsp3) is 0.940. The number of hydrogen-bond donors (Lipinski definition) is 3. The second kappa shape index (κ2) is 58.2. The monoisotopic (exact) mass is 1270 g/mol. The van der Waals surface area contributed by atoms with Gasteiger partial charge in [0.15, 0.2) is 12.2 Å². The highest BCUT2D eigenvalue weighted by Crippen LogP contribution is 2.45. The molecule has 0 aliphatic heterocycles. The van der Waals surface area contributed by atoms with Crippen molar-refractivity contribution in [2.24, 2.45) is 17.8 Å². The van der Waals surface area contributed by atoms with Gasteiger partial charge in [-0.1, -0.05) is 280 Å². The summed E-state index contributed by atoms with van der Waals surface area (Å²) in [5.41, 5.74) is 0. The quantitative estimate of drug-likeness (QED) is 0.0222. The Labute approximate surface area is 524 Å². The molecule has 0 saturated carbocycles. The van der Waals surface area contributed by atoms with Gasteiger partial charge < -0.3 is 33.8 Å². The Morgan fingerprint density at radius 3 is 0.791 bits per heavy atom. The van der Waals surface area contributed by atoms with Crippen LogP contribution in [0.25, 0.3) is 0 Å². The van der Waals surface area contributed by atoms with Crippen molar-refractivity contribution in [3.63, 3.8) is 0 Å². The van der Waals surface area contributed by atoms with Gasteiger partial charge in [0.2, 0.25) is 0 Å². The first-order valence-corrected chi connectivity index (χ1v) is 37.8. The normalized spacial score (nSPS) is 14.3. The summed E-state index contributed by atoms with van der Waals surface area (Å²) in [4.78, 5) is 72.1. The SMILES string of the molecule is CCCCCCCC(=O)OC[C@H](COP(=O)(O)OC[C@H](O)COP(=O)(O)OC[C@@H](COC(=O)CCCCCCCCCCCCCC(C)C)OC(=O)CCCCCCCCCCCCCCC(C)C)OC(=O)CCCCCCCCCCCC(C)C. The molecule has 0 bridgehead atoms. The van der Waals surface area contributed by atoms with Crippen molar-refractivity contribution in [1.29, 1.82) is 0 Å². The zero-order chi connectivity index (χ0) is 63.8. The fourth-order valence-electron chi connectivity index (χ4n) is 10.0. The van der Waals surface area contributed by atoms with Gasteiger partial charge in [0.1, 0.15) is 19.3 Å². The minimum absolute atomic E-state index is 0.104. The summed E-state index contributed by atoms with van der Waals surface area (Å²) in [7, 11) is -9.89. The molecule has 5 atom stereocenters. The minimum Gasteiger partial charge on any atom is -0.462 e. The van der Waals surface area contributed by atoms with E-state index in [0.717, 1.165) is 114 Å². The third kappa shape index (κ3) is 60.9. The zero-order valence-electron chi connectivity index (χ0n) is 55.8. The van der Waals surface area contributed by atoms with E-state index in [9.17, 15) is 43.2 Å². The molecule has 0 aliphatic rings. The van der Waals surface area contributed by atoms with E-state index >= 15 is 0 Å². The molecule has 0 amide bonds. The van der Waals surface area contributed by atoms with Crippen LogP contribution in [-0.2, 0) is 65.4 Å². The molecule has 0 aromatic rings. The van der Waals surface area contributed by atoms with Gasteiger partial charge in [-0.25, -0.2) is 9.13 Å². The maximum Gasteiger partial charge on any atom is 0.472 e. The van der Waals surface area contributed by atoms with E-state index in [-0.39, 0.29) is 25.7 Å². The average molecular weight is 1270 g/mol. The summed E-state index contributed by atoms with van der Waals surface area (Å²) in [5.74, 6) is 0.143. The number of rotatable bonds is 65. The lowest BCUT2D eigenvalue weighted by Crippen LogP contribution is -2.30. The molecule has 19 heteroatoms. The van der Waals surface area contributed by atoms with Crippen LogP contribution in [0.2, 0.25) is 0 Å². The second-order valence-electron chi connectivity index (χ2n) is 25.6. The Hall–Kier alpha value is -1.94. The molecule has 0 aromatic carbocycles. The van der Waals surface area contributed by atoms with Gasteiger partial charge in [0.05, 0.1) is 26.4 Å². The molecule has 86 heavy (non-hydrogen) atoms. The molecule has 3 N–H and O–H groups in total. The van der Waals surface area contributed by atoms with Crippen molar-refractivity contribution in [1.82, 2.24) is 0 Å². The average Bonchev–Trinajstić information content (AvgIpc) is 3.68. The Morgan fingerprint density at radius 2 is 0.535 bits per heavy atom. The Morgan fingerprint density at radius 1 is 0.314 bits per heavy atom. The number of aliphatic hydroxyl groups excluding tert-OH is 1. The number of carbonyl (C=O) groups excluding carboxylic acids is 4. The summed E-state index contributed by atoms with van der Waals surface area (Å²) < 4.78 is 68.0. The van der Waals surface area contributed by atoms with Crippen LogP contribution in [0, 0.1) is 17.8 Å².